The molecule has 1 aromatic rings. The summed E-state index contributed by atoms with van der Waals surface area (Å²) < 4.78 is 0. The maximum absolute atomic E-state index is 5.91. The van der Waals surface area contributed by atoms with Gasteiger partial charge in [-0.05, 0) is 54.8 Å². The lowest BCUT2D eigenvalue weighted by Crippen LogP contribution is -2.42. The summed E-state index contributed by atoms with van der Waals surface area (Å²) in [5.41, 5.74) is 1.44. The van der Waals surface area contributed by atoms with Crippen molar-refractivity contribution < 1.29 is 0 Å². The van der Waals surface area contributed by atoms with Crippen molar-refractivity contribution in [1.29, 1.82) is 0 Å². The topological polar surface area (TPSA) is 12.0 Å². The third-order valence-electron chi connectivity index (χ3n) is 4.35. The molecule has 0 aromatic heterocycles. The van der Waals surface area contributed by atoms with Crippen molar-refractivity contribution in [3.63, 3.8) is 0 Å². The molecule has 0 bridgehead atoms. The summed E-state index contributed by atoms with van der Waals surface area (Å²) in [5, 5.41) is 4.52. The molecule has 0 radical (unpaired) electrons. The molecular weight excluding hydrogens is 242 g/mol. The lowest BCUT2D eigenvalue weighted by Gasteiger charge is -2.37. The Bertz CT molecular complexity index is 365. The first-order valence-corrected chi connectivity index (χ1v) is 7.43. The third kappa shape index (κ3) is 3.49. The van der Waals surface area contributed by atoms with E-state index in [0.717, 1.165) is 29.3 Å². The summed E-state index contributed by atoms with van der Waals surface area (Å²) in [6.07, 6.45) is 2.54. The molecule has 1 fully saturated rings. The molecule has 0 aliphatic heterocycles. The Morgan fingerprint density at radius 1 is 1.17 bits per heavy atom. The van der Waals surface area contributed by atoms with E-state index in [9.17, 15) is 0 Å². The highest BCUT2D eigenvalue weighted by Gasteiger charge is 2.30. The molecule has 1 aliphatic carbocycles. The lowest BCUT2D eigenvalue weighted by atomic mass is 9.75. The van der Waals surface area contributed by atoms with Crippen LogP contribution < -0.4 is 5.32 Å². The molecule has 100 valence electrons. The lowest BCUT2D eigenvalue weighted by molar-refractivity contribution is 0.264. The van der Waals surface area contributed by atoms with Gasteiger partial charge in [0, 0.05) is 11.1 Å². The SMILES string of the molecule is CC(C)C(C)CNC1CC(c2ccc(Cl)cc2)C1. The van der Waals surface area contributed by atoms with Crippen molar-refractivity contribution in [2.24, 2.45) is 11.8 Å². The van der Waals surface area contributed by atoms with Gasteiger partial charge in [-0.15, -0.1) is 0 Å². The zero-order valence-corrected chi connectivity index (χ0v) is 12.4. The highest BCUT2D eigenvalue weighted by atomic mass is 35.5. The Balaban J connectivity index is 1.72. The van der Waals surface area contributed by atoms with Crippen LogP contribution in [0.1, 0.15) is 45.1 Å². The largest absolute Gasteiger partial charge is 0.314 e. The summed E-state index contributed by atoms with van der Waals surface area (Å²) in [7, 11) is 0. The van der Waals surface area contributed by atoms with Crippen LogP contribution in [-0.2, 0) is 0 Å². The van der Waals surface area contributed by atoms with Crippen LogP contribution in [0.5, 0.6) is 0 Å². The van der Waals surface area contributed by atoms with Crippen molar-refractivity contribution in [2.75, 3.05) is 6.54 Å². The number of halogens is 1. The average Bonchev–Trinajstić information content (AvgIpc) is 2.28. The van der Waals surface area contributed by atoms with E-state index in [4.69, 9.17) is 11.6 Å². The molecular formula is C16H24ClN. The minimum atomic E-state index is 0.715. The number of hydrogen-bond acceptors (Lipinski definition) is 1. The van der Waals surface area contributed by atoms with Crippen LogP contribution >= 0.6 is 11.6 Å². The van der Waals surface area contributed by atoms with Crippen LogP contribution in [0.3, 0.4) is 0 Å². The quantitative estimate of drug-likeness (QED) is 0.828. The van der Waals surface area contributed by atoms with Crippen molar-refractivity contribution in [1.82, 2.24) is 5.32 Å². The van der Waals surface area contributed by atoms with Crippen LogP contribution in [0.15, 0.2) is 24.3 Å². The molecule has 1 N–H and O–H groups in total. The molecule has 2 rings (SSSR count). The molecule has 1 aliphatic rings. The summed E-state index contributed by atoms with van der Waals surface area (Å²) >= 11 is 5.91. The van der Waals surface area contributed by atoms with Crippen LogP contribution in [0.25, 0.3) is 0 Å². The molecule has 0 heterocycles. The molecule has 0 amide bonds. The van der Waals surface area contributed by atoms with Crippen LogP contribution in [-0.4, -0.2) is 12.6 Å². The van der Waals surface area contributed by atoms with E-state index in [2.05, 4.69) is 38.2 Å². The molecule has 0 saturated heterocycles. The predicted molar refractivity (Wildman–Crippen MR) is 79.2 cm³/mol. The van der Waals surface area contributed by atoms with Crippen molar-refractivity contribution in [3.05, 3.63) is 34.9 Å². The van der Waals surface area contributed by atoms with E-state index in [1.54, 1.807) is 0 Å². The van der Waals surface area contributed by atoms with Gasteiger partial charge in [0.25, 0.3) is 0 Å². The first-order chi connectivity index (χ1) is 8.56. The van der Waals surface area contributed by atoms with Gasteiger partial charge in [0.2, 0.25) is 0 Å². The minimum Gasteiger partial charge on any atom is -0.314 e. The Morgan fingerprint density at radius 3 is 2.33 bits per heavy atom. The number of benzene rings is 1. The molecule has 1 unspecified atom stereocenters. The average molecular weight is 266 g/mol. The third-order valence-corrected chi connectivity index (χ3v) is 4.60. The molecule has 2 heteroatoms. The first kappa shape index (κ1) is 13.9. The Kier molecular flexibility index (Phi) is 4.69. The van der Waals surface area contributed by atoms with Crippen molar-refractivity contribution in [3.8, 4) is 0 Å². The summed E-state index contributed by atoms with van der Waals surface area (Å²) in [6.45, 7) is 8.07. The van der Waals surface area contributed by atoms with Gasteiger partial charge < -0.3 is 5.32 Å². The van der Waals surface area contributed by atoms with Crippen LogP contribution in [0, 0.1) is 11.8 Å². The van der Waals surface area contributed by atoms with E-state index in [1.165, 1.54) is 18.4 Å². The standard InChI is InChI=1S/C16H24ClN/c1-11(2)12(3)10-18-16-8-14(9-16)13-4-6-15(17)7-5-13/h4-7,11-12,14,16,18H,8-10H2,1-3H3. The fraction of sp³-hybridized carbons (Fsp3) is 0.625. The second-order valence-electron chi connectivity index (χ2n) is 6.05. The summed E-state index contributed by atoms with van der Waals surface area (Å²) in [5.74, 6) is 2.26. The van der Waals surface area contributed by atoms with Crippen LogP contribution in [0.4, 0.5) is 0 Å². The van der Waals surface area contributed by atoms with Gasteiger partial charge in [-0.25, -0.2) is 0 Å². The molecule has 18 heavy (non-hydrogen) atoms. The van der Waals surface area contributed by atoms with Gasteiger partial charge in [0.1, 0.15) is 0 Å². The summed E-state index contributed by atoms with van der Waals surface area (Å²) in [4.78, 5) is 0. The van der Waals surface area contributed by atoms with E-state index < -0.39 is 0 Å². The molecule has 1 aromatic carbocycles. The van der Waals surface area contributed by atoms with E-state index in [0.29, 0.717) is 6.04 Å². The van der Waals surface area contributed by atoms with Crippen molar-refractivity contribution >= 4 is 11.6 Å². The number of rotatable bonds is 5. The van der Waals surface area contributed by atoms with E-state index in [1.807, 2.05) is 12.1 Å². The maximum Gasteiger partial charge on any atom is 0.0406 e. The van der Waals surface area contributed by atoms with E-state index in [-0.39, 0.29) is 0 Å². The Hall–Kier alpha value is -0.530. The second kappa shape index (κ2) is 6.08. The molecule has 1 nitrogen and oxygen atoms in total. The van der Waals surface area contributed by atoms with Gasteiger partial charge in [0.05, 0.1) is 0 Å². The van der Waals surface area contributed by atoms with Gasteiger partial charge in [-0.3, -0.25) is 0 Å². The smallest absolute Gasteiger partial charge is 0.0406 e. The fourth-order valence-corrected chi connectivity index (χ4v) is 2.51. The molecule has 0 spiro atoms. The zero-order chi connectivity index (χ0) is 13.1. The van der Waals surface area contributed by atoms with Gasteiger partial charge in [0.15, 0.2) is 0 Å². The zero-order valence-electron chi connectivity index (χ0n) is 11.6. The fourth-order valence-electron chi connectivity index (χ4n) is 2.38. The van der Waals surface area contributed by atoms with Crippen molar-refractivity contribution in [2.45, 2.75) is 45.6 Å². The normalized spacial score (nSPS) is 24.9. The highest BCUT2D eigenvalue weighted by Crippen LogP contribution is 2.37. The van der Waals surface area contributed by atoms with Gasteiger partial charge in [-0.1, -0.05) is 44.5 Å². The highest BCUT2D eigenvalue weighted by molar-refractivity contribution is 6.30. The second-order valence-corrected chi connectivity index (χ2v) is 6.48. The van der Waals surface area contributed by atoms with E-state index >= 15 is 0 Å². The number of hydrogen-bond donors (Lipinski definition) is 1. The van der Waals surface area contributed by atoms with Gasteiger partial charge in [-0.2, -0.15) is 0 Å². The summed E-state index contributed by atoms with van der Waals surface area (Å²) in [6, 6.07) is 9.04. The predicted octanol–water partition coefficient (Wildman–Crippen LogP) is 4.47. The Labute approximate surface area is 116 Å². The molecule has 1 atom stereocenters. The molecule has 1 saturated carbocycles. The number of nitrogens with one attached hydrogen (secondary N) is 1. The minimum absolute atomic E-state index is 0.715. The van der Waals surface area contributed by atoms with Crippen LogP contribution in [0.2, 0.25) is 5.02 Å². The maximum atomic E-state index is 5.91. The Morgan fingerprint density at radius 2 is 1.78 bits per heavy atom. The monoisotopic (exact) mass is 265 g/mol. The first-order valence-electron chi connectivity index (χ1n) is 7.05. The van der Waals surface area contributed by atoms with Gasteiger partial charge >= 0.3 is 0 Å².